The van der Waals surface area contributed by atoms with Gasteiger partial charge in [0.1, 0.15) is 22.6 Å². The van der Waals surface area contributed by atoms with E-state index in [0.717, 1.165) is 4.90 Å². The van der Waals surface area contributed by atoms with Crippen LogP contribution in [0.2, 0.25) is 0 Å². The van der Waals surface area contributed by atoms with E-state index in [1.165, 1.54) is 37.4 Å². The number of anilines is 1. The predicted molar refractivity (Wildman–Crippen MR) is 115 cm³/mol. The van der Waals surface area contributed by atoms with E-state index in [4.69, 9.17) is 10.5 Å². The summed E-state index contributed by atoms with van der Waals surface area (Å²) >= 11 is 0. The lowest BCUT2D eigenvalue weighted by Gasteiger charge is -2.39. The fourth-order valence-corrected chi connectivity index (χ4v) is 4.06. The maximum Gasteiger partial charge on any atom is 0.295 e. The Morgan fingerprint density at radius 1 is 1.11 bits per heavy atom. The lowest BCUT2D eigenvalue weighted by Crippen LogP contribution is -2.57. The Morgan fingerprint density at radius 3 is 2.37 bits per heavy atom. The third kappa shape index (κ3) is 3.82. The van der Waals surface area contributed by atoms with E-state index < -0.39 is 58.2 Å². The van der Waals surface area contributed by atoms with E-state index in [9.17, 15) is 31.9 Å². The van der Waals surface area contributed by atoms with Crippen molar-refractivity contribution in [1.29, 1.82) is 0 Å². The average molecular weight is 493 g/mol. The van der Waals surface area contributed by atoms with E-state index in [1.807, 2.05) is 0 Å². The standard InChI is InChI=1S/C22H19F4N5O4/c1-9-8-30(21(33)13-14(23)16(25)18(27)17(26)15(13)24)5-6-31(9)22(34)19(32)10-7-29-20-12(10)11(35-2)3-4-28-20/h3-4,7,9H,5-6,8,27H2,1-2H3,(H,28,29)/t9-/m1/s1. The van der Waals surface area contributed by atoms with Crippen LogP contribution < -0.4 is 10.5 Å². The highest BCUT2D eigenvalue weighted by molar-refractivity contribution is 6.45. The number of carbonyl (C=O) groups excluding carboxylic acids is 3. The van der Waals surface area contributed by atoms with Crippen molar-refractivity contribution in [3.63, 3.8) is 0 Å². The molecule has 2 amide bonds. The Kier molecular flexibility index (Phi) is 6.09. The molecule has 0 bridgehead atoms. The summed E-state index contributed by atoms with van der Waals surface area (Å²) in [4.78, 5) is 47.7. The Balaban J connectivity index is 1.55. The molecule has 3 aromatic rings. The number of hydrogen-bond donors (Lipinski definition) is 2. The number of amides is 2. The van der Waals surface area contributed by atoms with Crippen molar-refractivity contribution in [2.24, 2.45) is 0 Å². The molecule has 2 aromatic heterocycles. The molecule has 1 atom stereocenters. The molecule has 3 N–H and O–H groups in total. The molecule has 0 spiro atoms. The maximum atomic E-state index is 14.2. The van der Waals surface area contributed by atoms with Crippen molar-refractivity contribution >= 4 is 34.3 Å². The summed E-state index contributed by atoms with van der Waals surface area (Å²) in [6.45, 7) is 0.855. The minimum atomic E-state index is -1.91. The number of nitrogen functional groups attached to an aromatic ring is 1. The van der Waals surface area contributed by atoms with Crippen molar-refractivity contribution in [3.8, 4) is 5.75 Å². The molecule has 0 radical (unpaired) electrons. The highest BCUT2D eigenvalue weighted by atomic mass is 19.2. The fraction of sp³-hybridized carbons (Fsp3) is 0.273. The molecule has 4 rings (SSSR count). The smallest absolute Gasteiger partial charge is 0.295 e. The molecule has 1 aliphatic heterocycles. The molecule has 1 aliphatic rings. The van der Waals surface area contributed by atoms with Gasteiger partial charge in [0, 0.05) is 38.1 Å². The summed E-state index contributed by atoms with van der Waals surface area (Å²) in [5.74, 6) is -10.3. The van der Waals surface area contributed by atoms with Crippen LogP contribution in [0.1, 0.15) is 27.6 Å². The number of pyridine rings is 1. The Bertz CT molecular complexity index is 1350. The highest BCUT2D eigenvalue weighted by Crippen LogP contribution is 2.29. The third-order valence-electron chi connectivity index (χ3n) is 5.88. The minimum absolute atomic E-state index is 0.0395. The van der Waals surface area contributed by atoms with Crippen LogP contribution in [-0.4, -0.2) is 70.2 Å². The van der Waals surface area contributed by atoms with Crippen LogP contribution in [0.15, 0.2) is 18.5 Å². The summed E-state index contributed by atoms with van der Waals surface area (Å²) in [5.41, 5.74) is 2.57. The quantitative estimate of drug-likeness (QED) is 0.189. The number of carbonyl (C=O) groups is 3. The lowest BCUT2D eigenvalue weighted by atomic mass is 10.1. The van der Waals surface area contributed by atoms with Crippen LogP contribution >= 0.6 is 0 Å². The number of halogens is 4. The SMILES string of the molecule is COc1ccnc2[nH]cc(C(=O)C(=O)N3CCN(C(=O)c4c(F)c(F)c(N)c(F)c4F)C[C@H]3C)c12. The first-order valence-electron chi connectivity index (χ1n) is 10.3. The number of H-pyrrole nitrogens is 1. The van der Waals surface area contributed by atoms with Gasteiger partial charge in [-0.15, -0.1) is 0 Å². The summed E-state index contributed by atoms with van der Waals surface area (Å²) < 4.78 is 61.3. The van der Waals surface area contributed by atoms with Crippen LogP contribution in [0.3, 0.4) is 0 Å². The zero-order valence-electron chi connectivity index (χ0n) is 18.5. The molecule has 1 saturated heterocycles. The van der Waals surface area contributed by atoms with Crippen LogP contribution in [0.4, 0.5) is 23.2 Å². The van der Waals surface area contributed by atoms with Crippen molar-refractivity contribution in [2.45, 2.75) is 13.0 Å². The molecular formula is C22H19F4N5O4. The van der Waals surface area contributed by atoms with Gasteiger partial charge in [-0.25, -0.2) is 22.5 Å². The topological polar surface area (TPSA) is 122 Å². The number of rotatable bonds is 4. The van der Waals surface area contributed by atoms with E-state index in [0.29, 0.717) is 16.8 Å². The number of ether oxygens (including phenoxy) is 1. The number of Topliss-reactive ketones (excluding diaryl/α,β-unsaturated/α-hetero) is 1. The average Bonchev–Trinajstić information content (AvgIpc) is 3.29. The molecule has 3 heterocycles. The number of nitrogens with two attached hydrogens (primary N) is 1. The second kappa shape index (κ2) is 8.89. The first kappa shape index (κ1) is 24.0. The number of fused-ring (bicyclic) bond motifs is 1. The molecule has 35 heavy (non-hydrogen) atoms. The van der Waals surface area contributed by atoms with Gasteiger partial charge in [0.25, 0.3) is 17.6 Å². The van der Waals surface area contributed by atoms with Gasteiger partial charge >= 0.3 is 0 Å². The molecule has 184 valence electrons. The lowest BCUT2D eigenvalue weighted by molar-refractivity contribution is -0.130. The van der Waals surface area contributed by atoms with Gasteiger partial charge in [0.15, 0.2) is 23.3 Å². The molecule has 0 unspecified atom stereocenters. The second-order valence-corrected chi connectivity index (χ2v) is 7.91. The fourth-order valence-electron chi connectivity index (χ4n) is 4.06. The summed E-state index contributed by atoms with van der Waals surface area (Å²) in [6.07, 6.45) is 2.80. The number of methoxy groups -OCH3 is 1. The van der Waals surface area contributed by atoms with Gasteiger partial charge in [0.2, 0.25) is 0 Å². The number of nitrogens with one attached hydrogen (secondary N) is 1. The van der Waals surface area contributed by atoms with Crippen molar-refractivity contribution in [3.05, 3.63) is 52.9 Å². The molecule has 13 heteroatoms. The zero-order chi connectivity index (χ0) is 25.6. The van der Waals surface area contributed by atoms with E-state index in [1.54, 1.807) is 0 Å². The van der Waals surface area contributed by atoms with Gasteiger partial charge in [-0.05, 0) is 13.0 Å². The highest BCUT2D eigenvalue weighted by Gasteiger charge is 2.37. The van der Waals surface area contributed by atoms with Gasteiger partial charge in [-0.1, -0.05) is 0 Å². The Hall–Kier alpha value is -4.16. The van der Waals surface area contributed by atoms with E-state index >= 15 is 0 Å². The minimum Gasteiger partial charge on any atom is -0.496 e. The van der Waals surface area contributed by atoms with Gasteiger partial charge in [-0.2, -0.15) is 0 Å². The first-order valence-corrected chi connectivity index (χ1v) is 10.3. The number of aromatic amines is 1. The number of benzene rings is 1. The molecule has 0 aliphatic carbocycles. The van der Waals surface area contributed by atoms with Crippen LogP contribution in [-0.2, 0) is 4.79 Å². The summed E-state index contributed by atoms with van der Waals surface area (Å²) in [5, 5.41) is 0.327. The van der Waals surface area contributed by atoms with Crippen molar-refractivity contribution in [2.75, 3.05) is 32.5 Å². The first-order chi connectivity index (χ1) is 16.6. The van der Waals surface area contributed by atoms with Gasteiger partial charge < -0.3 is 25.3 Å². The van der Waals surface area contributed by atoms with Gasteiger partial charge in [-0.3, -0.25) is 14.4 Å². The van der Waals surface area contributed by atoms with Crippen LogP contribution in [0.5, 0.6) is 5.75 Å². The molecule has 9 nitrogen and oxygen atoms in total. The molecule has 1 aromatic carbocycles. The summed E-state index contributed by atoms with van der Waals surface area (Å²) in [7, 11) is 1.40. The molecule has 1 fully saturated rings. The Labute approximate surface area is 195 Å². The molecule has 0 saturated carbocycles. The van der Waals surface area contributed by atoms with Crippen LogP contribution in [0.25, 0.3) is 11.0 Å². The number of piperazine rings is 1. The number of ketones is 1. The largest absolute Gasteiger partial charge is 0.496 e. The Morgan fingerprint density at radius 2 is 1.77 bits per heavy atom. The second-order valence-electron chi connectivity index (χ2n) is 7.91. The zero-order valence-corrected chi connectivity index (χ0v) is 18.5. The van der Waals surface area contributed by atoms with E-state index in [-0.39, 0.29) is 25.2 Å². The van der Waals surface area contributed by atoms with Gasteiger partial charge in [0.05, 0.1) is 18.1 Å². The number of aromatic nitrogens is 2. The normalized spacial score (nSPS) is 16.0. The monoisotopic (exact) mass is 493 g/mol. The van der Waals surface area contributed by atoms with Crippen molar-refractivity contribution in [1.82, 2.24) is 19.8 Å². The molecular weight excluding hydrogens is 474 g/mol. The van der Waals surface area contributed by atoms with Crippen LogP contribution in [0, 0.1) is 23.3 Å². The third-order valence-corrected chi connectivity index (χ3v) is 5.88. The van der Waals surface area contributed by atoms with Crippen molar-refractivity contribution < 1.29 is 36.7 Å². The predicted octanol–water partition coefficient (Wildman–Crippen LogP) is 2.27. The number of nitrogens with zero attached hydrogens (tertiary/aromatic N) is 3. The summed E-state index contributed by atoms with van der Waals surface area (Å²) in [6, 6.07) is 0.773. The number of hydrogen-bond acceptors (Lipinski definition) is 6. The maximum absolute atomic E-state index is 14.2. The van der Waals surface area contributed by atoms with E-state index in [2.05, 4.69) is 9.97 Å².